The van der Waals surface area contributed by atoms with E-state index >= 15 is 0 Å². The van der Waals surface area contributed by atoms with E-state index < -0.39 is 0 Å². The van der Waals surface area contributed by atoms with Crippen LogP contribution in [0.4, 0.5) is 0 Å². The van der Waals surface area contributed by atoms with Crippen molar-refractivity contribution in [3.63, 3.8) is 0 Å². The number of hydrogen-bond donors (Lipinski definition) is 0. The van der Waals surface area contributed by atoms with E-state index in [4.69, 9.17) is 4.74 Å². The zero-order valence-corrected chi connectivity index (χ0v) is 9.51. The van der Waals surface area contributed by atoms with Gasteiger partial charge in [0.15, 0.2) is 0 Å². The summed E-state index contributed by atoms with van der Waals surface area (Å²) in [5.41, 5.74) is 4.10. The SMILES string of the molecule is C=C=C(C)C(CC=C)COCCCC. The lowest BCUT2D eigenvalue weighted by Crippen LogP contribution is -2.10. The minimum Gasteiger partial charge on any atom is -0.381 e. The van der Waals surface area contributed by atoms with Crippen molar-refractivity contribution in [2.75, 3.05) is 13.2 Å². The van der Waals surface area contributed by atoms with Gasteiger partial charge in [-0.2, -0.15) is 0 Å². The van der Waals surface area contributed by atoms with Gasteiger partial charge in [0.1, 0.15) is 0 Å². The topological polar surface area (TPSA) is 9.23 Å². The summed E-state index contributed by atoms with van der Waals surface area (Å²) in [6.45, 7) is 13.2. The van der Waals surface area contributed by atoms with E-state index in [0.29, 0.717) is 5.92 Å². The predicted octanol–water partition coefficient (Wildman–Crippen LogP) is 3.73. The fraction of sp³-hybridized carbons (Fsp3) is 0.615. The first kappa shape index (κ1) is 13.2. The van der Waals surface area contributed by atoms with E-state index in [1.54, 1.807) is 0 Å². The van der Waals surface area contributed by atoms with Gasteiger partial charge in [0.25, 0.3) is 0 Å². The number of allylic oxidation sites excluding steroid dienone is 1. The van der Waals surface area contributed by atoms with Crippen molar-refractivity contribution >= 4 is 0 Å². The monoisotopic (exact) mass is 194 g/mol. The summed E-state index contributed by atoms with van der Waals surface area (Å²) in [6.07, 6.45) is 5.19. The number of rotatable bonds is 8. The van der Waals surface area contributed by atoms with E-state index in [1.165, 1.54) is 12.0 Å². The first-order valence-electron chi connectivity index (χ1n) is 5.31. The molecule has 1 nitrogen and oxygen atoms in total. The molecule has 14 heavy (non-hydrogen) atoms. The standard InChI is InChI=1S/C13H22O/c1-5-8-10-14-11-13(9-6-2)12(4)7-3/h6,13H,2-3,5,8-11H2,1,4H3. The van der Waals surface area contributed by atoms with Crippen LogP contribution in [-0.4, -0.2) is 13.2 Å². The summed E-state index contributed by atoms with van der Waals surface area (Å²) < 4.78 is 5.58. The molecule has 0 heterocycles. The Morgan fingerprint density at radius 3 is 2.79 bits per heavy atom. The molecule has 0 amide bonds. The molecule has 1 unspecified atom stereocenters. The summed E-state index contributed by atoms with van der Waals surface area (Å²) in [7, 11) is 0. The van der Waals surface area contributed by atoms with Crippen molar-refractivity contribution in [3.05, 3.63) is 30.5 Å². The van der Waals surface area contributed by atoms with Crippen molar-refractivity contribution in [2.45, 2.75) is 33.1 Å². The molecule has 0 aromatic rings. The van der Waals surface area contributed by atoms with Crippen LogP contribution in [-0.2, 0) is 4.74 Å². The Hall–Kier alpha value is -0.780. The van der Waals surface area contributed by atoms with Gasteiger partial charge in [-0.05, 0) is 25.3 Å². The van der Waals surface area contributed by atoms with Crippen molar-refractivity contribution < 1.29 is 4.74 Å². The molecule has 0 saturated heterocycles. The molecular weight excluding hydrogens is 172 g/mol. The molecule has 0 aliphatic heterocycles. The fourth-order valence-corrected chi connectivity index (χ4v) is 1.19. The van der Waals surface area contributed by atoms with Crippen LogP contribution in [0.15, 0.2) is 30.5 Å². The molecular formula is C13H22O. The quantitative estimate of drug-likeness (QED) is 0.325. The molecule has 0 N–H and O–H groups in total. The van der Waals surface area contributed by atoms with Crippen LogP contribution < -0.4 is 0 Å². The maximum absolute atomic E-state index is 5.58. The van der Waals surface area contributed by atoms with Gasteiger partial charge in [-0.25, -0.2) is 0 Å². The zero-order valence-electron chi connectivity index (χ0n) is 9.51. The Labute approximate surface area is 88.2 Å². The van der Waals surface area contributed by atoms with E-state index in [-0.39, 0.29) is 0 Å². The van der Waals surface area contributed by atoms with Crippen LogP contribution >= 0.6 is 0 Å². The molecule has 0 saturated carbocycles. The summed E-state index contributed by atoms with van der Waals surface area (Å²) in [5.74, 6) is 0.404. The normalized spacial score (nSPS) is 11.9. The van der Waals surface area contributed by atoms with Crippen molar-refractivity contribution in [1.29, 1.82) is 0 Å². The fourth-order valence-electron chi connectivity index (χ4n) is 1.19. The highest BCUT2D eigenvalue weighted by Crippen LogP contribution is 2.14. The molecule has 80 valence electrons. The Kier molecular flexibility index (Phi) is 8.31. The minimum absolute atomic E-state index is 0.404. The average molecular weight is 194 g/mol. The first-order chi connectivity index (χ1) is 6.76. The summed E-state index contributed by atoms with van der Waals surface area (Å²) in [5, 5.41) is 0. The second kappa shape index (κ2) is 8.80. The molecule has 1 heteroatoms. The molecule has 1 atom stereocenters. The van der Waals surface area contributed by atoms with Gasteiger partial charge in [-0.1, -0.05) is 26.0 Å². The Balaban J connectivity index is 3.85. The molecule has 0 rings (SSSR count). The van der Waals surface area contributed by atoms with Crippen LogP contribution in [0.1, 0.15) is 33.1 Å². The van der Waals surface area contributed by atoms with Crippen molar-refractivity contribution in [3.8, 4) is 0 Å². The van der Waals surface area contributed by atoms with E-state index in [0.717, 1.165) is 26.1 Å². The molecule has 0 aliphatic carbocycles. The lowest BCUT2D eigenvalue weighted by atomic mass is 9.99. The molecule has 0 spiro atoms. The van der Waals surface area contributed by atoms with E-state index in [9.17, 15) is 0 Å². The minimum atomic E-state index is 0.404. The van der Waals surface area contributed by atoms with Crippen molar-refractivity contribution in [2.24, 2.45) is 5.92 Å². The average Bonchev–Trinajstić information content (AvgIpc) is 2.21. The summed E-state index contributed by atoms with van der Waals surface area (Å²) >= 11 is 0. The van der Waals surface area contributed by atoms with Crippen molar-refractivity contribution in [1.82, 2.24) is 0 Å². The second-order valence-electron chi connectivity index (χ2n) is 3.51. The van der Waals surface area contributed by atoms with Crippen LogP contribution in [0.5, 0.6) is 0 Å². The number of ether oxygens (including phenoxy) is 1. The van der Waals surface area contributed by atoms with Crippen LogP contribution in [0.2, 0.25) is 0 Å². The lowest BCUT2D eigenvalue weighted by Gasteiger charge is -2.14. The molecule has 0 aromatic carbocycles. The maximum atomic E-state index is 5.58. The Morgan fingerprint density at radius 2 is 2.29 bits per heavy atom. The third kappa shape index (κ3) is 5.80. The zero-order chi connectivity index (χ0) is 10.8. The predicted molar refractivity (Wildman–Crippen MR) is 62.4 cm³/mol. The molecule has 0 fully saturated rings. The van der Waals surface area contributed by atoms with Gasteiger partial charge in [0.2, 0.25) is 0 Å². The molecule has 0 aliphatic rings. The molecule has 0 bridgehead atoms. The van der Waals surface area contributed by atoms with Gasteiger partial charge in [-0.15, -0.1) is 12.3 Å². The third-order valence-corrected chi connectivity index (χ3v) is 2.30. The highest BCUT2D eigenvalue weighted by atomic mass is 16.5. The number of hydrogen-bond acceptors (Lipinski definition) is 1. The summed E-state index contributed by atoms with van der Waals surface area (Å²) in [6, 6.07) is 0. The first-order valence-corrected chi connectivity index (χ1v) is 5.31. The van der Waals surface area contributed by atoms with Crippen LogP contribution in [0.25, 0.3) is 0 Å². The maximum Gasteiger partial charge on any atom is 0.0540 e. The number of unbranched alkanes of at least 4 members (excludes halogenated alkanes) is 1. The van der Waals surface area contributed by atoms with Gasteiger partial charge in [0.05, 0.1) is 6.61 Å². The van der Waals surface area contributed by atoms with Crippen LogP contribution in [0.3, 0.4) is 0 Å². The Bertz CT molecular complexity index is 199. The Morgan fingerprint density at radius 1 is 1.57 bits per heavy atom. The van der Waals surface area contributed by atoms with Gasteiger partial charge in [0, 0.05) is 12.5 Å². The largest absolute Gasteiger partial charge is 0.381 e. The highest BCUT2D eigenvalue weighted by Gasteiger charge is 2.08. The van der Waals surface area contributed by atoms with Gasteiger partial charge < -0.3 is 4.74 Å². The van der Waals surface area contributed by atoms with Gasteiger partial charge in [-0.3, -0.25) is 0 Å². The third-order valence-electron chi connectivity index (χ3n) is 2.30. The van der Waals surface area contributed by atoms with E-state index in [1.807, 2.05) is 13.0 Å². The lowest BCUT2D eigenvalue weighted by molar-refractivity contribution is 0.108. The second-order valence-corrected chi connectivity index (χ2v) is 3.51. The van der Waals surface area contributed by atoms with E-state index in [2.05, 4.69) is 25.8 Å². The van der Waals surface area contributed by atoms with Gasteiger partial charge >= 0.3 is 0 Å². The highest BCUT2D eigenvalue weighted by molar-refractivity contribution is 5.02. The van der Waals surface area contributed by atoms with Crippen LogP contribution in [0, 0.1) is 5.92 Å². The molecule has 0 aromatic heterocycles. The summed E-state index contributed by atoms with van der Waals surface area (Å²) in [4.78, 5) is 0. The smallest absolute Gasteiger partial charge is 0.0540 e. The molecule has 0 radical (unpaired) electrons.